The summed E-state index contributed by atoms with van der Waals surface area (Å²) >= 11 is 6.74. The second-order valence-electron chi connectivity index (χ2n) is 4.90. The first kappa shape index (κ1) is 18.4. The molecule has 24 heavy (non-hydrogen) atoms. The van der Waals surface area contributed by atoms with Gasteiger partial charge in [-0.15, -0.1) is 11.3 Å². The molecule has 2 amide bonds. The Labute approximate surface area is 147 Å². The molecule has 1 aromatic carbocycles. The van der Waals surface area contributed by atoms with Gasteiger partial charge in [0.2, 0.25) is 15.9 Å². The van der Waals surface area contributed by atoms with Crippen LogP contribution in [-0.4, -0.2) is 20.2 Å². The van der Waals surface area contributed by atoms with Crippen LogP contribution < -0.4 is 16.2 Å². The first-order chi connectivity index (χ1) is 11.1. The highest BCUT2D eigenvalue weighted by atomic mass is 35.5. The van der Waals surface area contributed by atoms with Crippen molar-refractivity contribution in [2.24, 2.45) is 11.5 Å². The van der Waals surface area contributed by atoms with Crippen molar-refractivity contribution in [3.05, 3.63) is 50.7 Å². The quantitative estimate of drug-likeness (QED) is 0.689. The van der Waals surface area contributed by atoms with Gasteiger partial charge in [0.15, 0.2) is 0 Å². The predicted octanol–water partition coefficient (Wildman–Crippen LogP) is 1.31. The minimum Gasteiger partial charge on any atom is -0.368 e. The van der Waals surface area contributed by atoms with Crippen molar-refractivity contribution in [2.75, 3.05) is 0 Å². The number of carbonyl (C=O) groups excluding carboxylic acids is 2. The van der Waals surface area contributed by atoms with E-state index in [4.69, 9.17) is 23.1 Å². The lowest BCUT2D eigenvalue weighted by Gasteiger charge is -2.16. The molecule has 0 saturated carbocycles. The van der Waals surface area contributed by atoms with Crippen molar-refractivity contribution in [3.63, 3.8) is 0 Å². The van der Waals surface area contributed by atoms with Gasteiger partial charge in [-0.1, -0.05) is 23.7 Å². The largest absolute Gasteiger partial charge is 0.368 e. The Balaban J connectivity index is 2.39. The molecule has 1 heterocycles. The summed E-state index contributed by atoms with van der Waals surface area (Å²) in [5.74, 6) is -1.60. The summed E-state index contributed by atoms with van der Waals surface area (Å²) in [5, 5.41) is 0.435. The van der Waals surface area contributed by atoms with E-state index < -0.39 is 27.9 Å². The van der Waals surface area contributed by atoms with Gasteiger partial charge in [0.25, 0.3) is 5.91 Å². The SMILES string of the molecule is Cc1sc(C(N)=O)cc1S(=O)(=O)NC(C(N)=O)c1ccc(Cl)cc1. The number of benzene rings is 1. The Hall–Kier alpha value is -1.94. The van der Waals surface area contributed by atoms with Gasteiger partial charge in [-0.05, 0) is 30.7 Å². The van der Waals surface area contributed by atoms with E-state index in [1.54, 1.807) is 0 Å². The molecule has 0 aliphatic heterocycles. The third-order valence-electron chi connectivity index (χ3n) is 3.17. The van der Waals surface area contributed by atoms with Gasteiger partial charge in [-0.3, -0.25) is 9.59 Å². The van der Waals surface area contributed by atoms with Crippen molar-refractivity contribution in [2.45, 2.75) is 17.9 Å². The minimum atomic E-state index is -4.09. The second-order valence-corrected chi connectivity index (χ2v) is 8.28. The fraction of sp³-hybridized carbons (Fsp3) is 0.143. The van der Waals surface area contributed by atoms with Crippen LogP contribution in [0.25, 0.3) is 0 Å². The van der Waals surface area contributed by atoms with Gasteiger partial charge in [-0.2, -0.15) is 4.72 Å². The Morgan fingerprint density at radius 1 is 1.21 bits per heavy atom. The van der Waals surface area contributed by atoms with E-state index in [0.29, 0.717) is 15.5 Å². The van der Waals surface area contributed by atoms with Gasteiger partial charge in [0, 0.05) is 9.90 Å². The summed E-state index contributed by atoms with van der Waals surface area (Å²) in [6, 6.07) is 5.92. The average Bonchev–Trinajstić information content (AvgIpc) is 2.89. The van der Waals surface area contributed by atoms with Gasteiger partial charge in [0.05, 0.1) is 9.77 Å². The molecule has 0 radical (unpaired) electrons. The zero-order chi connectivity index (χ0) is 18.1. The molecule has 0 fully saturated rings. The normalized spacial score (nSPS) is 12.8. The molecule has 5 N–H and O–H groups in total. The molecule has 0 aliphatic rings. The number of carbonyl (C=O) groups is 2. The van der Waals surface area contributed by atoms with Crippen LogP contribution in [0.4, 0.5) is 0 Å². The molecular formula is C14H14ClN3O4S2. The average molecular weight is 388 g/mol. The van der Waals surface area contributed by atoms with Crippen LogP contribution in [0.5, 0.6) is 0 Å². The summed E-state index contributed by atoms with van der Waals surface area (Å²) in [5.41, 5.74) is 10.8. The van der Waals surface area contributed by atoms with Gasteiger partial charge < -0.3 is 11.5 Å². The fourth-order valence-electron chi connectivity index (χ4n) is 2.02. The number of halogens is 1. The van der Waals surface area contributed by atoms with Crippen LogP contribution in [0.1, 0.15) is 26.2 Å². The van der Waals surface area contributed by atoms with E-state index in [9.17, 15) is 18.0 Å². The lowest BCUT2D eigenvalue weighted by molar-refractivity contribution is -0.119. The summed E-state index contributed by atoms with van der Waals surface area (Å²) in [7, 11) is -4.09. The Morgan fingerprint density at radius 3 is 2.25 bits per heavy atom. The maximum absolute atomic E-state index is 12.6. The molecule has 128 valence electrons. The second kappa shape index (κ2) is 6.89. The summed E-state index contributed by atoms with van der Waals surface area (Å²) < 4.78 is 27.4. The van der Waals surface area contributed by atoms with Gasteiger partial charge >= 0.3 is 0 Å². The number of primary amides is 2. The zero-order valence-corrected chi connectivity index (χ0v) is 14.8. The number of thiophene rings is 1. The predicted molar refractivity (Wildman–Crippen MR) is 91.3 cm³/mol. The van der Waals surface area contributed by atoms with E-state index in [2.05, 4.69) is 4.72 Å². The number of amides is 2. The molecule has 2 aromatic rings. The van der Waals surface area contributed by atoms with Crippen molar-refractivity contribution in [1.29, 1.82) is 0 Å². The number of hydrogen-bond donors (Lipinski definition) is 3. The minimum absolute atomic E-state index is 0.106. The summed E-state index contributed by atoms with van der Waals surface area (Å²) in [4.78, 5) is 23.2. The van der Waals surface area contributed by atoms with E-state index in [1.807, 2.05) is 0 Å². The molecule has 1 unspecified atom stereocenters. The van der Waals surface area contributed by atoms with Crippen LogP contribution in [0, 0.1) is 6.92 Å². The molecule has 0 saturated heterocycles. The number of rotatable bonds is 6. The maximum atomic E-state index is 12.6. The summed E-state index contributed by atoms with van der Waals surface area (Å²) in [6.07, 6.45) is 0. The molecule has 0 aliphatic carbocycles. The lowest BCUT2D eigenvalue weighted by Crippen LogP contribution is -2.37. The number of aryl methyl sites for hydroxylation is 1. The highest BCUT2D eigenvalue weighted by Crippen LogP contribution is 2.27. The Bertz CT molecular complexity index is 891. The van der Waals surface area contributed by atoms with Crippen molar-refractivity contribution >= 4 is 44.8 Å². The Morgan fingerprint density at radius 2 is 1.79 bits per heavy atom. The molecular weight excluding hydrogens is 374 g/mol. The van der Waals surface area contributed by atoms with Crippen molar-refractivity contribution in [1.82, 2.24) is 4.72 Å². The number of nitrogens with two attached hydrogens (primary N) is 2. The maximum Gasteiger partial charge on any atom is 0.258 e. The molecule has 1 aromatic heterocycles. The smallest absolute Gasteiger partial charge is 0.258 e. The molecule has 2 rings (SSSR count). The van der Waals surface area contributed by atoms with Crippen LogP contribution in [-0.2, 0) is 14.8 Å². The molecule has 7 nitrogen and oxygen atoms in total. The fourth-order valence-corrected chi connectivity index (χ4v) is 4.78. The number of sulfonamides is 1. The van der Waals surface area contributed by atoms with Crippen molar-refractivity contribution < 1.29 is 18.0 Å². The van der Waals surface area contributed by atoms with Gasteiger partial charge in [0.1, 0.15) is 6.04 Å². The van der Waals surface area contributed by atoms with E-state index >= 15 is 0 Å². The Kier molecular flexibility index (Phi) is 5.29. The molecule has 1 atom stereocenters. The highest BCUT2D eigenvalue weighted by molar-refractivity contribution is 7.89. The molecule has 0 bridgehead atoms. The number of hydrogen-bond acceptors (Lipinski definition) is 5. The third-order valence-corrected chi connectivity index (χ3v) is 6.16. The van der Waals surface area contributed by atoms with Crippen LogP contribution in [0.2, 0.25) is 5.02 Å². The number of nitrogens with one attached hydrogen (secondary N) is 1. The van der Waals surface area contributed by atoms with Crippen molar-refractivity contribution in [3.8, 4) is 0 Å². The van der Waals surface area contributed by atoms with Crippen LogP contribution >= 0.6 is 22.9 Å². The van der Waals surface area contributed by atoms with Crippen LogP contribution in [0.3, 0.4) is 0 Å². The first-order valence-electron chi connectivity index (χ1n) is 6.59. The third kappa shape index (κ3) is 3.93. The molecule has 10 heteroatoms. The first-order valence-corrected chi connectivity index (χ1v) is 9.27. The molecule has 0 spiro atoms. The summed E-state index contributed by atoms with van der Waals surface area (Å²) in [6.45, 7) is 1.53. The highest BCUT2D eigenvalue weighted by Gasteiger charge is 2.28. The van der Waals surface area contributed by atoms with E-state index in [-0.39, 0.29) is 9.77 Å². The monoisotopic (exact) mass is 387 g/mol. The standard InChI is InChI=1S/C14H14ClN3O4S2/c1-7-11(6-10(23-7)13(16)19)24(21,22)18-12(14(17)20)8-2-4-9(15)5-3-8/h2-6,12,18H,1H3,(H2,16,19)(H2,17,20). The topological polar surface area (TPSA) is 132 Å². The lowest BCUT2D eigenvalue weighted by atomic mass is 10.1. The van der Waals surface area contributed by atoms with Gasteiger partial charge in [-0.25, -0.2) is 8.42 Å². The van der Waals surface area contributed by atoms with E-state index in [0.717, 1.165) is 11.3 Å². The zero-order valence-electron chi connectivity index (χ0n) is 12.4. The van der Waals surface area contributed by atoms with E-state index in [1.165, 1.54) is 37.3 Å². The van der Waals surface area contributed by atoms with Crippen LogP contribution in [0.15, 0.2) is 35.2 Å².